The maximum atomic E-state index is 12.2. The van der Waals surface area contributed by atoms with Crippen molar-refractivity contribution in [3.63, 3.8) is 0 Å². The standard InChI is InChI=1S/C12H9ClINO2S/c13-9-5-7-10(8-6-9)15-18(16,17)12-4-2-1-3-11(12)14/h1-8,15H. The summed E-state index contributed by atoms with van der Waals surface area (Å²) in [6.07, 6.45) is 0. The first-order valence-electron chi connectivity index (χ1n) is 5.02. The van der Waals surface area contributed by atoms with Crippen LogP contribution >= 0.6 is 34.2 Å². The van der Waals surface area contributed by atoms with E-state index in [4.69, 9.17) is 11.6 Å². The van der Waals surface area contributed by atoms with Crippen LogP contribution in [0.3, 0.4) is 0 Å². The second-order valence-electron chi connectivity index (χ2n) is 3.54. The monoisotopic (exact) mass is 393 g/mol. The Bertz CT molecular complexity index is 656. The first-order chi connectivity index (χ1) is 8.49. The summed E-state index contributed by atoms with van der Waals surface area (Å²) in [7, 11) is -3.56. The van der Waals surface area contributed by atoms with Crippen LogP contribution in [-0.2, 0) is 10.0 Å². The van der Waals surface area contributed by atoms with E-state index in [0.29, 0.717) is 14.3 Å². The third kappa shape index (κ3) is 3.15. The molecule has 1 N–H and O–H groups in total. The van der Waals surface area contributed by atoms with Crippen molar-refractivity contribution in [2.24, 2.45) is 0 Å². The van der Waals surface area contributed by atoms with Crippen molar-refractivity contribution in [3.05, 3.63) is 57.1 Å². The van der Waals surface area contributed by atoms with Gasteiger partial charge in [-0.1, -0.05) is 23.7 Å². The molecular weight excluding hydrogens is 385 g/mol. The zero-order valence-corrected chi connectivity index (χ0v) is 12.8. The van der Waals surface area contributed by atoms with E-state index in [1.807, 2.05) is 22.6 Å². The number of hydrogen-bond donors (Lipinski definition) is 1. The largest absolute Gasteiger partial charge is 0.280 e. The van der Waals surface area contributed by atoms with Gasteiger partial charge >= 0.3 is 0 Å². The Hall–Kier alpha value is -0.790. The van der Waals surface area contributed by atoms with Gasteiger partial charge in [0.05, 0.1) is 0 Å². The van der Waals surface area contributed by atoms with Crippen molar-refractivity contribution in [2.75, 3.05) is 4.72 Å². The molecule has 0 atom stereocenters. The molecule has 0 saturated carbocycles. The van der Waals surface area contributed by atoms with Gasteiger partial charge in [-0.2, -0.15) is 0 Å². The SMILES string of the molecule is O=S(=O)(Nc1ccc(Cl)cc1)c1ccccc1I. The summed E-state index contributed by atoms with van der Waals surface area (Å²) in [5.74, 6) is 0. The molecule has 0 aliphatic rings. The molecule has 0 spiro atoms. The zero-order chi connectivity index (χ0) is 13.2. The number of anilines is 1. The number of hydrogen-bond acceptors (Lipinski definition) is 2. The van der Waals surface area contributed by atoms with Crippen molar-refractivity contribution < 1.29 is 8.42 Å². The summed E-state index contributed by atoms with van der Waals surface area (Å²) in [5, 5.41) is 0.562. The van der Waals surface area contributed by atoms with E-state index >= 15 is 0 Å². The highest BCUT2D eigenvalue weighted by Gasteiger charge is 2.16. The summed E-state index contributed by atoms with van der Waals surface area (Å²) in [5.41, 5.74) is 0.485. The number of nitrogens with one attached hydrogen (secondary N) is 1. The van der Waals surface area contributed by atoms with Crippen LogP contribution in [0.5, 0.6) is 0 Å². The number of rotatable bonds is 3. The van der Waals surface area contributed by atoms with Crippen LogP contribution < -0.4 is 4.72 Å². The zero-order valence-electron chi connectivity index (χ0n) is 9.10. The molecule has 2 aromatic carbocycles. The highest BCUT2D eigenvalue weighted by molar-refractivity contribution is 14.1. The van der Waals surface area contributed by atoms with Crippen molar-refractivity contribution in [1.29, 1.82) is 0 Å². The van der Waals surface area contributed by atoms with Crippen LogP contribution in [0.1, 0.15) is 0 Å². The van der Waals surface area contributed by atoms with Crippen LogP contribution in [0, 0.1) is 3.57 Å². The molecule has 0 amide bonds. The summed E-state index contributed by atoms with van der Waals surface area (Å²) < 4.78 is 27.5. The molecular formula is C12H9ClINO2S. The molecule has 0 aromatic heterocycles. The van der Waals surface area contributed by atoms with Gasteiger partial charge in [0.25, 0.3) is 10.0 Å². The minimum absolute atomic E-state index is 0.264. The van der Waals surface area contributed by atoms with Crippen molar-refractivity contribution >= 4 is 49.9 Å². The molecule has 94 valence electrons. The molecule has 0 saturated heterocycles. The molecule has 0 aliphatic carbocycles. The van der Waals surface area contributed by atoms with Gasteiger partial charge in [0, 0.05) is 14.3 Å². The van der Waals surface area contributed by atoms with E-state index in [1.165, 1.54) is 0 Å². The number of halogens is 2. The van der Waals surface area contributed by atoms with Crippen molar-refractivity contribution in [3.8, 4) is 0 Å². The second kappa shape index (κ2) is 5.46. The average molecular weight is 394 g/mol. The molecule has 0 radical (unpaired) electrons. The highest BCUT2D eigenvalue weighted by atomic mass is 127. The first kappa shape index (κ1) is 13.6. The minimum Gasteiger partial charge on any atom is -0.280 e. The van der Waals surface area contributed by atoms with Crippen LogP contribution in [0.15, 0.2) is 53.4 Å². The Morgan fingerprint density at radius 2 is 1.61 bits per heavy atom. The van der Waals surface area contributed by atoms with Crippen LogP contribution in [0.2, 0.25) is 5.02 Å². The second-order valence-corrected chi connectivity index (χ2v) is 6.79. The van der Waals surface area contributed by atoms with E-state index in [1.54, 1.807) is 48.5 Å². The lowest BCUT2D eigenvalue weighted by Gasteiger charge is -2.09. The topological polar surface area (TPSA) is 46.2 Å². The van der Waals surface area contributed by atoms with Gasteiger partial charge in [-0.25, -0.2) is 8.42 Å². The molecule has 2 aromatic rings. The Labute approximate surface area is 124 Å². The van der Waals surface area contributed by atoms with Gasteiger partial charge in [-0.05, 0) is 59.0 Å². The Morgan fingerprint density at radius 3 is 2.22 bits per heavy atom. The Balaban J connectivity index is 2.33. The van der Waals surface area contributed by atoms with Crippen molar-refractivity contribution in [2.45, 2.75) is 4.90 Å². The van der Waals surface area contributed by atoms with Crippen LogP contribution in [-0.4, -0.2) is 8.42 Å². The summed E-state index contributed by atoms with van der Waals surface area (Å²) in [4.78, 5) is 0.264. The third-order valence-electron chi connectivity index (χ3n) is 2.22. The Kier molecular flexibility index (Phi) is 4.14. The first-order valence-corrected chi connectivity index (χ1v) is 7.96. The summed E-state index contributed by atoms with van der Waals surface area (Å²) in [6, 6.07) is 13.3. The summed E-state index contributed by atoms with van der Waals surface area (Å²) in [6.45, 7) is 0. The Morgan fingerprint density at radius 1 is 1.00 bits per heavy atom. The molecule has 3 nitrogen and oxygen atoms in total. The highest BCUT2D eigenvalue weighted by Crippen LogP contribution is 2.21. The molecule has 0 bridgehead atoms. The minimum atomic E-state index is -3.56. The lowest BCUT2D eigenvalue weighted by molar-refractivity contribution is 0.600. The lowest BCUT2D eigenvalue weighted by atomic mass is 10.3. The molecule has 0 unspecified atom stereocenters. The van der Waals surface area contributed by atoms with Gasteiger partial charge in [0.2, 0.25) is 0 Å². The van der Waals surface area contributed by atoms with Gasteiger partial charge in [-0.3, -0.25) is 4.72 Å². The predicted molar refractivity (Wildman–Crippen MR) is 81.4 cm³/mol. The molecule has 0 fully saturated rings. The van der Waals surface area contributed by atoms with Gasteiger partial charge < -0.3 is 0 Å². The molecule has 2 rings (SSSR count). The van der Waals surface area contributed by atoms with E-state index in [2.05, 4.69) is 4.72 Å². The smallest absolute Gasteiger partial charge is 0.262 e. The van der Waals surface area contributed by atoms with E-state index < -0.39 is 10.0 Å². The molecule has 0 heterocycles. The predicted octanol–water partition coefficient (Wildman–Crippen LogP) is 3.75. The van der Waals surface area contributed by atoms with E-state index in [0.717, 1.165) is 0 Å². The molecule has 0 aliphatic heterocycles. The van der Waals surface area contributed by atoms with Gasteiger partial charge in [0.15, 0.2) is 0 Å². The fourth-order valence-electron chi connectivity index (χ4n) is 1.39. The maximum Gasteiger partial charge on any atom is 0.262 e. The molecule has 6 heteroatoms. The number of benzene rings is 2. The average Bonchev–Trinajstić information content (AvgIpc) is 2.32. The number of sulfonamides is 1. The third-order valence-corrected chi connectivity index (χ3v) is 5.22. The van der Waals surface area contributed by atoms with E-state index in [-0.39, 0.29) is 4.90 Å². The van der Waals surface area contributed by atoms with Crippen LogP contribution in [0.4, 0.5) is 5.69 Å². The maximum absolute atomic E-state index is 12.2. The van der Waals surface area contributed by atoms with Gasteiger partial charge in [0.1, 0.15) is 4.90 Å². The van der Waals surface area contributed by atoms with Crippen molar-refractivity contribution in [1.82, 2.24) is 0 Å². The van der Waals surface area contributed by atoms with Gasteiger partial charge in [-0.15, -0.1) is 0 Å². The molecule has 18 heavy (non-hydrogen) atoms. The normalized spacial score (nSPS) is 11.2. The van der Waals surface area contributed by atoms with Crippen LogP contribution in [0.25, 0.3) is 0 Å². The fraction of sp³-hybridized carbons (Fsp3) is 0. The van der Waals surface area contributed by atoms with E-state index in [9.17, 15) is 8.42 Å². The fourth-order valence-corrected chi connectivity index (χ4v) is 3.91. The quantitative estimate of drug-likeness (QED) is 0.808. The summed E-state index contributed by atoms with van der Waals surface area (Å²) >= 11 is 7.74. The lowest BCUT2D eigenvalue weighted by Crippen LogP contribution is -2.14.